The monoisotopic (exact) mass is 310 g/mol. The zero-order valence-corrected chi connectivity index (χ0v) is 10.7. The zero-order chi connectivity index (χ0) is 16.4. The Balaban J connectivity index is 2.62. The van der Waals surface area contributed by atoms with Gasteiger partial charge in [0.2, 0.25) is 0 Å². The minimum absolute atomic E-state index is 0.346. The Hall–Kier alpha value is -3.16. The number of phenolic OH excluding ortho intramolecular Hbond substituents is 1. The molecule has 0 unspecified atom stereocenters. The number of rotatable bonds is 4. The van der Waals surface area contributed by atoms with Crippen molar-refractivity contribution in [3.63, 3.8) is 0 Å². The van der Waals surface area contributed by atoms with Gasteiger partial charge < -0.3 is 20.1 Å². The molecule has 0 bridgehead atoms. The van der Waals surface area contributed by atoms with Crippen LogP contribution < -0.4 is 4.74 Å². The predicted molar refractivity (Wildman–Crippen MR) is 68.5 cm³/mol. The molecule has 8 heteroatoms. The molecule has 114 valence electrons. The summed E-state index contributed by atoms with van der Waals surface area (Å²) in [7, 11) is 0. The number of halogens is 2. The van der Waals surface area contributed by atoms with Crippen LogP contribution in [0.5, 0.6) is 17.2 Å². The van der Waals surface area contributed by atoms with Crippen LogP contribution in [-0.2, 0) is 0 Å². The molecule has 0 aromatic heterocycles. The number of carboxylic acids is 2. The lowest BCUT2D eigenvalue weighted by atomic mass is 10.1. The fourth-order valence-electron chi connectivity index (χ4n) is 1.75. The fraction of sp³-hybridized carbons (Fsp3) is 0. The lowest BCUT2D eigenvalue weighted by Gasteiger charge is -2.13. The quantitative estimate of drug-likeness (QED) is 0.802. The highest BCUT2D eigenvalue weighted by atomic mass is 19.1. The smallest absolute Gasteiger partial charge is 0.342 e. The Morgan fingerprint density at radius 3 is 2.32 bits per heavy atom. The number of para-hydroxylation sites is 1. The molecule has 2 rings (SSSR count). The highest BCUT2D eigenvalue weighted by molar-refractivity contribution is 5.93. The molecule has 0 fully saturated rings. The number of phenols is 1. The van der Waals surface area contributed by atoms with Gasteiger partial charge >= 0.3 is 11.9 Å². The molecule has 2 aromatic carbocycles. The van der Waals surface area contributed by atoms with E-state index in [0.717, 1.165) is 12.1 Å². The van der Waals surface area contributed by atoms with Gasteiger partial charge in [-0.1, -0.05) is 6.07 Å². The molecule has 3 N–H and O–H groups in total. The van der Waals surface area contributed by atoms with Crippen molar-refractivity contribution in [1.82, 2.24) is 0 Å². The van der Waals surface area contributed by atoms with Crippen LogP contribution in [-0.4, -0.2) is 27.3 Å². The van der Waals surface area contributed by atoms with E-state index in [9.17, 15) is 23.5 Å². The van der Waals surface area contributed by atoms with Crippen LogP contribution in [0.15, 0.2) is 30.3 Å². The van der Waals surface area contributed by atoms with E-state index in [1.807, 2.05) is 0 Å². The van der Waals surface area contributed by atoms with Crippen LogP contribution in [0.4, 0.5) is 8.78 Å². The van der Waals surface area contributed by atoms with Crippen LogP contribution >= 0.6 is 0 Å². The molecule has 0 saturated heterocycles. The molecule has 0 aliphatic carbocycles. The lowest BCUT2D eigenvalue weighted by molar-refractivity contribution is 0.0684. The maximum Gasteiger partial charge on any atom is 0.342 e. The average Bonchev–Trinajstić information content (AvgIpc) is 2.39. The van der Waals surface area contributed by atoms with Crippen LogP contribution in [0.1, 0.15) is 20.7 Å². The van der Waals surface area contributed by atoms with Crippen molar-refractivity contribution >= 4 is 11.9 Å². The summed E-state index contributed by atoms with van der Waals surface area (Å²) in [5.41, 5.74) is -1.48. The highest BCUT2D eigenvalue weighted by Gasteiger charge is 2.23. The van der Waals surface area contributed by atoms with Crippen LogP contribution in [0.25, 0.3) is 0 Å². The van der Waals surface area contributed by atoms with Gasteiger partial charge in [0.1, 0.15) is 28.5 Å². The zero-order valence-electron chi connectivity index (χ0n) is 10.7. The van der Waals surface area contributed by atoms with Crippen molar-refractivity contribution in [1.29, 1.82) is 0 Å². The number of aromatic carboxylic acids is 2. The standard InChI is InChI=1S/C14H8F2O6/c15-6-4-8(16)11(14(20)21)10(5-6)22-12-7(13(18)19)2-1-3-9(12)17/h1-5,17H,(H,18,19)(H,20,21). The van der Waals surface area contributed by atoms with Crippen LogP contribution in [0.3, 0.4) is 0 Å². The third-order valence-electron chi connectivity index (χ3n) is 2.67. The second kappa shape index (κ2) is 5.68. The molecule has 0 heterocycles. The number of carboxylic acid groups (broad SMARTS) is 2. The van der Waals surface area contributed by atoms with Gasteiger partial charge in [-0.25, -0.2) is 18.4 Å². The molecule has 0 saturated carbocycles. The van der Waals surface area contributed by atoms with E-state index in [0.29, 0.717) is 12.1 Å². The Bertz CT molecular complexity index is 772. The summed E-state index contributed by atoms with van der Waals surface area (Å²) in [4.78, 5) is 22.1. The third kappa shape index (κ3) is 2.80. The Morgan fingerprint density at radius 2 is 1.73 bits per heavy atom. The fourth-order valence-corrected chi connectivity index (χ4v) is 1.75. The van der Waals surface area contributed by atoms with Gasteiger partial charge in [0.15, 0.2) is 11.5 Å². The van der Waals surface area contributed by atoms with Crippen molar-refractivity contribution in [3.8, 4) is 17.2 Å². The Labute approximate surface area is 121 Å². The average molecular weight is 310 g/mol. The van der Waals surface area contributed by atoms with E-state index in [2.05, 4.69) is 0 Å². The number of hydrogen-bond acceptors (Lipinski definition) is 4. The van der Waals surface area contributed by atoms with Gasteiger partial charge in [0, 0.05) is 12.1 Å². The molecule has 2 aromatic rings. The number of benzene rings is 2. The van der Waals surface area contributed by atoms with E-state index in [-0.39, 0.29) is 0 Å². The molecule has 22 heavy (non-hydrogen) atoms. The van der Waals surface area contributed by atoms with Gasteiger partial charge in [-0.3, -0.25) is 0 Å². The number of hydrogen-bond donors (Lipinski definition) is 3. The van der Waals surface area contributed by atoms with E-state index < -0.39 is 51.9 Å². The molecule has 0 aliphatic rings. The number of ether oxygens (including phenoxy) is 1. The van der Waals surface area contributed by atoms with Gasteiger partial charge in [0.25, 0.3) is 0 Å². The Kier molecular flexibility index (Phi) is 3.93. The van der Waals surface area contributed by atoms with Gasteiger partial charge in [-0.05, 0) is 12.1 Å². The first-order valence-electron chi connectivity index (χ1n) is 5.76. The predicted octanol–water partition coefficient (Wildman–Crippen LogP) is 2.86. The first-order chi connectivity index (χ1) is 10.3. The SMILES string of the molecule is O=C(O)c1cccc(O)c1Oc1cc(F)cc(F)c1C(=O)O. The van der Waals surface area contributed by atoms with Crippen molar-refractivity contribution in [2.75, 3.05) is 0 Å². The normalized spacial score (nSPS) is 10.3. The van der Waals surface area contributed by atoms with Crippen molar-refractivity contribution in [2.45, 2.75) is 0 Å². The summed E-state index contributed by atoms with van der Waals surface area (Å²) in [5, 5.41) is 27.6. The van der Waals surface area contributed by atoms with Crippen molar-refractivity contribution in [2.24, 2.45) is 0 Å². The summed E-state index contributed by atoms with van der Waals surface area (Å²) in [6.45, 7) is 0. The maximum atomic E-state index is 13.5. The molecule has 0 radical (unpaired) electrons. The van der Waals surface area contributed by atoms with Crippen molar-refractivity contribution in [3.05, 3.63) is 53.1 Å². The molecule has 0 amide bonds. The third-order valence-corrected chi connectivity index (χ3v) is 2.67. The Morgan fingerprint density at radius 1 is 1.05 bits per heavy atom. The minimum atomic E-state index is -1.74. The largest absolute Gasteiger partial charge is 0.504 e. The van der Waals surface area contributed by atoms with Gasteiger partial charge in [0.05, 0.1) is 0 Å². The van der Waals surface area contributed by atoms with Gasteiger partial charge in [-0.15, -0.1) is 0 Å². The topological polar surface area (TPSA) is 104 Å². The second-order valence-electron chi connectivity index (χ2n) is 4.13. The minimum Gasteiger partial charge on any atom is -0.504 e. The number of carbonyl (C=O) groups is 2. The summed E-state index contributed by atoms with van der Waals surface area (Å²) in [6.07, 6.45) is 0. The molecule has 0 spiro atoms. The lowest BCUT2D eigenvalue weighted by Crippen LogP contribution is -2.06. The van der Waals surface area contributed by atoms with E-state index in [1.54, 1.807) is 0 Å². The summed E-state index contributed by atoms with van der Waals surface area (Å²) in [6, 6.07) is 4.30. The molecular weight excluding hydrogens is 302 g/mol. The summed E-state index contributed by atoms with van der Waals surface area (Å²) >= 11 is 0. The van der Waals surface area contributed by atoms with E-state index in [4.69, 9.17) is 14.9 Å². The molecule has 6 nitrogen and oxygen atoms in total. The first-order valence-corrected chi connectivity index (χ1v) is 5.76. The van der Waals surface area contributed by atoms with E-state index >= 15 is 0 Å². The second-order valence-corrected chi connectivity index (χ2v) is 4.13. The van der Waals surface area contributed by atoms with E-state index in [1.165, 1.54) is 6.07 Å². The number of aromatic hydroxyl groups is 1. The highest BCUT2D eigenvalue weighted by Crippen LogP contribution is 2.36. The van der Waals surface area contributed by atoms with Crippen LogP contribution in [0, 0.1) is 11.6 Å². The van der Waals surface area contributed by atoms with Crippen LogP contribution in [0.2, 0.25) is 0 Å². The molecular formula is C14H8F2O6. The maximum absolute atomic E-state index is 13.5. The molecule has 0 aliphatic heterocycles. The molecule has 0 atom stereocenters. The van der Waals surface area contributed by atoms with Gasteiger partial charge in [-0.2, -0.15) is 0 Å². The summed E-state index contributed by atoms with van der Waals surface area (Å²) in [5.74, 6) is -7.74. The summed E-state index contributed by atoms with van der Waals surface area (Å²) < 4.78 is 31.8. The first kappa shape index (κ1) is 15.2. The van der Waals surface area contributed by atoms with Crippen molar-refractivity contribution < 1.29 is 38.4 Å².